The predicted molar refractivity (Wildman–Crippen MR) is 65.3 cm³/mol. The van der Waals surface area contributed by atoms with Gasteiger partial charge in [0.25, 0.3) is 0 Å². The Hall–Kier alpha value is -0.290. The topological polar surface area (TPSA) is 37.4 Å². The normalized spacial score (nSPS) is 20.1. The van der Waals surface area contributed by atoms with Crippen LogP contribution in [0.2, 0.25) is 10.0 Å². The molecule has 0 amide bonds. The number of hydrogen-bond donors (Lipinski definition) is 0. The van der Waals surface area contributed by atoms with Crippen molar-refractivity contribution >= 4 is 33.2 Å². The third-order valence-corrected chi connectivity index (χ3v) is 5.05. The highest BCUT2D eigenvalue weighted by atomic mass is 35.5. The minimum Gasteiger partial charge on any atom is -0.212 e. The van der Waals surface area contributed by atoms with Crippen LogP contribution in [0.4, 0.5) is 0 Å². The average molecular weight is 280 g/mol. The maximum absolute atomic E-state index is 11.6. The van der Waals surface area contributed by atoms with Gasteiger partial charge in [0.1, 0.15) is 0 Å². The molecule has 1 heterocycles. The number of rotatable bonds is 2. The Kier molecular flexibility index (Phi) is 3.45. The molecule has 0 aliphatic carbocycles. The van der Waals surface area contributed by atoms with E-state index in [4.69, 9.17) is 23.2 Å². The summed E-state index contributed by atoms with van der Waals surface area (Å²) >= 11 is 11.8. The van der Waals surface area contributed by atoms with Gasteiger partial charge in [-0.3, -0.25) is 0 Å². The number of benzene rings is 1. The van der Waals surface area contributed by atoms with Crippen molar-refractivity contribution < 1.29 is 8.42 Å². The molecular formula is C10H11Cl2NO2S. The zero-order valence-corrected chi connectivity index (χ0v) is 10.8. The first-order valence-electron chi connectivity index (χ1n) is 4.91. The van der Waals surface area contributed by atoms with E-state index in [-0.39, 0.29) is 5.75 Å². The monoisotopic (exact) mass is 279 g/mol. The van der Waals surface area contributed by atoms with Crippen LogP contribution in [0.15, 0.2) is 18.2 Å². The second-order valence-corrected chi connectivity index (χ2v) is 6.67. The smallest absolute Gasteiger partial charge is 0.212 e. The molecule has 0 saturated carbocycles. The quantitative estimate of drug-likeness (QED) is 0.834. The first kappa shape index (κ1) is 12.2. The summed E-state index contributed by atoms with van der Waals surface area (Å²) in [6, 6.07) is 5.10. The molecule has 3 nitrogen and oxygen atoms in total. The first-order chi connectivity index (χ1) is 7.49. The first-order valence-corrected chi connectivity index (χ1v) is 7.27. The summed E-state index contributed by atoms with van der Waals surface area (Å²) in [5.41, 5.74) is 0.788. The molecule has 2 rings (SSSR count). The molecule has 0 radical (unpaired) electrons. The second-order valence-electron chi connectivity index (χ2n) is 3.74. The van der Waals surface area contributed by atoms with Gasteiger partial charge in [0.15, 0.2) is 0 Å². The van der Waals surface area contributed by atoms with Crippen LogP contribution in [-0.2, 0) is 16.6 Å². The van der Waals surface area contributed by atoms with Crippen molar-refractivity contribution in [2.24, 2.45) is 0 Å². The lowest BCUT2D eigenvalue weighted by Gasteiger charge is -2.15. The zero-order valence-electron chi connectivity index (χ0n) is 8.49. The van der Waals surface area contributed by atoms with Crippen molar-refractivity contribution in [3.05, 3.63) is 33.8 Å². The van der Waals surface area contributed by atoms with Gasteiger partial charge >= 0.3 is 0 Å². The maximum Gasteiger partial charge on any atom is 0.214 e. The van der Waals surface area contributed by atoms with Crippen LogP contribution in [0.25, 0.3) is 0 Å². The molecule has 1 aromatic rings. The molecule has 0 aromatic heterocycles. The zero-order chi connectivity index (χ0) is 11.8. The molecule has 1 aliphatic rings. The Morgan fingerprint density at radius 2 is 2.06 bits per heavy atom. The molecule has 0 bridgehead atoms. The number of halogens is 2. The number of sulfonamides is 1. The fourth-order valence-electron chi connectivity index (χ4n) is 1.71. The molecule has 1 fully saturated rings. The Morgan fingerprint density at radius 3 is 2.62 bits per heavy atom. The van der Waals surface area contributed by atoms with E-state index in [1.807, 2.05) is 0 Å². The molecule has 0 unspecified atom stereocenters. The Bertz CT molecular complexity index is 502. The van der Waals surface area contributed by atoms with Crippen LogP contribution in [0, 0.1) is 0 Å². The van der Waals surface area contributed by atoms with Crippen molar-refractivity contribution in [1.29, 1.82) is 0 Å². The average Bonchev–Trinajstić information content (AvgIpc) is 2.50. The Balaban J connectivity index is 2.21. The lowest BCUT2D eigenvalue weighted by Crippen LogP contribution is -2.25. The van der Waals surface area contributed by atoms with Crippen LogP contribution in [0.5, 0.6) is 0 Å². The summed E-state index contributed by atoms with van der Waals surface area (Å²) < 4.78 is 24.7. The van der Waals surface area contributed by atoms with Gasteiger partial charge in [-0.25, -0.2) is 8.42 Å². The Labute approximate surface area is 105 Å². The number of nitrogens with zero attached hydrogens (tertiary/aromatic N) is 1. The summed E-state index contributed by atoms with van der Waals surface area (Å²) in [5, 5.41) is 1.06. The second kappa shape index (κ2) is 4.53. The highest BCUT2D eigenvalue weighted by molar-refractivity contribution is 7.89. The van der Waals surface area contributed by atoms with Crippen molar-refractivity contribution in [1.82, 2.24) is 4.31 Å². The molecule has 1 aliphatic heterocycles. The van der Waals surface area contributed by atoms with Crippen molar-refractivity contribution in [2.75, 3.05) is 12.3 Å². The fraction of sp³-hybridized carbons (Fsp3) is 0.400. The third kappa shape index (κ3) is 2.51. The minimum absolute atomic E-state index is 0.234. The van der Waals surface area contributed by atoms with E-state index in [2.05, 4.69) is 0 Å². The molecule has 88 valence electrons. The highest BCUT2D eigenvalue weighted by Gasteiger charge is 2.28. The standard InChI is InChI=1S/C10H11Cl2NO2S/c11-9-3-2-8(10(12)6-9)7-13-4-1-5-16(13,14)15/h2-3,6H,1,4-5,7H2. The van der Waals surface area contributed by atoms with Crippen LogP contribution in [-0.4, -0.2) is 25.0 Å². The van der Waals surface area contributed by atoms with Gasteiger partial charge in [-0.15, -0.1) is 0 Å². The van der Waals surface area contributed by atoms with Crippen molar-refractivity contribution in [2.45, 2.75) is 13.0 Å². The molecule has 0 N–H and O–H groups in total. The lowest BCUT2D eigenvalue weighted by molar-refractivity contribution is 0.440. The largest absolute Gasteiger partial charge is 0.214 e. The van der Waals surface area contributed by atoms with E-state index >= 15 is 0 Å². The van der Waals surface area contributed by atoms with Crippen molar-refractivity contribution in [3.63, 3.8) is 0 Å². The highest BCUT2D eigenvalue weighted by Crippen LogP contribution is 2.25. The van der Waals surface area contributed by atoms with E-state index in [1.54, 1.807) is 18.2 Å². The van der Waals surface area contributed by atoms with Crippen LogP contribution < -0.4 is 0 Å². The van der Waals surface area contributed by atoms with Gasteiger partial charge < -0.3 is 0 Å². The minimum atomic E-state index is -3.07. The van der Waals surface area contributed by atoms with Gasteiger partial charge in [0, 0.05) is 23.1 Å². The van der Waals surface area contributed by atoms with Gasteiger partial charge in [-0.2, -0.15) is 4.31 Å². The van der Waals surface area contributed by atoms with E-state index in [9.17, 15) is 8.42 Å². The molecule has 6 heteroatoms. The molecule has 1 saturated heterocycles. The van der Waals surface area contributed by atoms with Gasteiger partial charge in [0.2, 0.25) is 10.0 Å². The SMILES string of the molecule is O=S1(=O)CCCN1Cc1ccc(Cl)cc1Cl. The van der Waals surface area contributed by atoms with Crippen molar-refractivity contribution in [3.8, 4) is 0 Å². The van der Waals surface area contributed by atoms with Crippen LogP contribution >= 0.6 is 23.2 Å². The summed E-state index contributed by atoms with van der Waals surface area (Å²) in [6.45, 7) is 0.902. The summed E-state index contributed by atoms with van der Waals surface area (Å²) in [7, 11) is -3.07. The fourth-order valence-corrected chi connectivity index (χ4v) is 3.67. The summed E-state index contributed by atoms with van der Waals surface area (Å²) in [6.07, 6.45) is 0.688. The van der Waals surface area contributed by atoms with E-state index < -0.39 is 10.0 Å². The molecule has 1 aromatic carbocycles. The lowest BCUT2D eigenvalue weighted by atomic mass is 10.2. The maximum atomic E-state index is 11.6. The van der Waals surface area contributed by atoms with Crippen LogP contribution in [0.1, 0.15) is 12.0 Å². The summed E-state index contributed by atoms with van der Waals surface area (Å²) in [5.74, 6) is 0.234. The Morgan fingerprint density at radius 1 is 1.31 bits per heavy atom. The molecular weight excluding hydrogens is 269 g/mol. The van der Waals surface area contributed by atoms with E-state index in [1.165, 1.54) is 4.31 Å². The third-order valence-electron chi connectivity index (χ3n) is 2.57. The van der Waals surface area contributed by atoms with E-state index in [0.29, 0.717) is 29.6 Å². The molecule has 16 heavy (non-hydrogen) atoms. The van der Waals surface area contributed by atoms with Crippen LogP contribution in [0.3, 0.4) is 0 Å². The predicted octanol–water partition coefficient (Wildman–Crippen LogP) is 2.53. The summed E-state index contributed by atoms with van der Waals surface area (Å²) in [4.78, 5) is 0. The van der Waals surface area contributed by atoms with Gasteiger partial charge in [-0.05, 0) is 24.1 Å². The van der Waals surface area contributed by atoms with Gasteiger partial charge in [0.05, 0.1) is 5.75 Å². The van der Waals surface area contributed by atoms with Gasteiger partial charge in [-0.1, -0.05) is 29.3 Å². The molecule has 0 atom stereocenters. The number of hydrogen-bond acceptors (Lipinski definition) is 2. The molecule has 0 spiro atoms. The van der Waals surface area contributed by atoms with E-state index in [0.717, 1.165) is 5.56 Å².